The van der Waals surface area contributed by atoms with Crippen LogP contribution in [0, 0.1) is 12.8 Å². The van der Waals surface area contributed by atoms with Crippen molar-refractivity contribution in [2.45, 2.75) is 71.4 Å². The number of nitrogens with one attached hydrogen (secondary N) is 1. The molecule has 2 aromatic heterocycles. The lowest BCUT2D eigenvalue weighted by Crippen LogP contribution is -2.30. The molecule has 1 aliphatic rings. The van der Waals surface area contributed by atoms with Crippen LogP contribution in [0.5, 0.6) is 0 Å². The Morgan fingerprint density at radius 2 is 1.91 bits per heavy atom. The highest BCUT2D eigenvalue weighted by Crippen LogP contribution is 2.31. The van der Waals surface area contributed by atoms with Crippen molar-refractivity contribution in [1.29, 1.82) is 0 Å². The molecule has 3 N–H and O–H groups in total. The van der Waals surface area contributed by atoms with Crippen molar-refractivity contribution in [3.63, 3.8) is 0 Å². The first kappa shape index (κ1) is 24.2. The number of rotatable bonds is 5. The lowest BCUT2D eigenvalue weighted by Gasteiger charge is -2.29. The van der Waals surface area contributed by atoms with Crippen LogP contribution in [0.1, 0.15) is 58.4 Å². The number of nitrogens with two attached hydrogens (primary N) is 1. The van der Waals surface area contributed by atoms with Gasteiger partial charge in [-0.25, -0.2) is 15.0 Å². The van der Waals surface area contributed by atoms with E-state index in [9.17, 15) is 4.79 Å². The maximum absolute atomic E-state index is 12.1. The van der Waals surface area contributed by atoms with Crippen LogP contribution in [0.4, 0.5) is 11.6 Å². The minimum Gasteiger partial charge on any atom is -0.460 e. The molecule has 34 heavy (non-hydrogen) atoms. The van der Waals surface area contributed by atoms with Crippen molar-refractivity contribution in [2.24, 2.45) is 5.92 Å². The van der Waals surface area contributed by atoms with Gasteiger partial charge < -0.3 is 15.8 Å². The average molecular weight is 482 g/mol. The molecule has 4 rings (SSSR count). The Labute approximate surface area is 205 Å². The first-order valence-electron chi connectivity index (χ1n) is 11.8. The summed E-state index contributed by atoms with van der Waals surface area (Å²) in [5.41, 5.74) is 10.2. The maximum Gasteiger partial charge on any atom is 0.306 e. The number of aromatic nitrogens is 3. The molecule has 0 atom stereocenters. The van der Waals surface area contributed by atoms with Crippen LogP contribution in [0.3, 0.4) is 0 Å². The van der Waals surface area contributed by atoms with Crippen LogP contribution in [-0.4, -0.2) is 32.6 Å². The normalized spacial score (nSPS) is 18.6. The van der Waals surface area contributed by atoms with Gasteiger partial charge in [0.05, 0.1) is 28.1 Å². The van der Waals surface area contributed by atoms with Gasteiger partial charge in [-0.15, -0.1) is 0 Å². The SMILES string of the molecule is Cc1cc(-c2ccc(N)c(Cl)c2)nc2cnc(NC3CCC(CC(=O)OC(C)(C)C)CC3)nc12. The van der Waals surface area contributed by atoms with Crippen LogP contribution in [-0.2, 0) is 9.53 Å². The molecule has 0 saturated heterocycles. The third kappa shape index (κ3) is 5.95. The predicted molar refractivity (Wildman–Crippen MR) is 137 cm³/mol. The number of esters is 1. The highest BCUT2D eigenvalue weighted by atomic mass is 35.5. The lowest BCUT2D eigenvalue weighted by molar-refractivity contribution is -0.156. The van der Waals surface area contributed by atoms with E-state index in [2.05, 4.69) is 10.3 Å². The van der Waals surface area contributed by atoms with Crippen molar-refractivity contribution >= 4 is 40.2 Å². The summed E-state index contributed by atoms with van der Waals surface area (Å²) in [6, 6.07) is 7.80. The average Bonchev–Trinajstić information content (AvgIpc) is 2.76. The monoisotopic (exact) mass is 481 g/mol. The van der Waals surface area contributed by atoms with Crippen LogP contribution < -0.4 is 11.1 Å². The van der Waals surface area contributed by atoms with Crippen molar-refractivity contribution in [1.82, 2.24) is 15.0 Å². The second kappa shape index (κ2) is 9.74. The van der Waals surface area contributed by atoms with Crippen molar-refractivity contribution < 1.29 is 9.53 Å². The van der Waals surface area contributed by atoms with Gasteiger partial charge >= 0.3 is 5.97 Å². The Balaban J connectivity index is 1.40. The van der Waals surface area contributed by atoms with Crippen LogP contribution in [0.15, 0.2) is 30.5 Å². The molecular weight excluding hydrogens is 450 g/mol. The Morgan fingerprint density at radius 3 is 2.59 bits per heavy atom. The Bertz CT molecular complexity index is 1200. The van der Waals surface area contributed by atoms with Crippen molar-refractivity contribution in [3.05, 3.63) is 41.0 Å². The molecule has 1 aromatic carbocycles. The molecule has 0 amide bonds. The topological polar surface area (TPSA) is 103 Å². The van der Waals surface area contributed by atoms with Crippen molar-refractivity contribution in [2.75, 3.05) is 11.1 Å². The molecule has 180 valence electrons. The molecular formula is C26H32ClN5O2. The number of aryl methyl sites for hydroxylation is 1. The Kier molecular flexibility index (Phi) is 6.94. The zero-order valence-electron chi connectivity index (χ0n) is 20.2. The number of nitrogen functional groups attached to an aromatic ring is 1. The van der Waals surface area contributed by atoms with Gasteiger partial charge in [0.25, 0.3) is 0 Å². The predicted octanol–water partition coefficient (Wildman–Crippen LogP) is 5.94. The number of fused-ring (bicyclic) bond motifs is 1. The third-order valence-electron chi connectivity index (χ3n) is 6.09. The number of carbonyl (C=O) groups excluding carboxylic acids is 1. The number of benzene rings is 1. The fourth-order valence-electron chi connectivity index (χ4n) is 4.40. The molecule has 7 nitrogen and oxygen atoms in total. The summed E-state index contributed by atoms with van der Waals surface area (Å²) in [7, 11) is 0. The molecule has 0 radical (unpaired) electrons. The Hall–Kier alpha value is -2.93. The van der Waals surface area contributed by atoms with Crippen LogP contribution >= 0.6 is 11.6 Å². The molecule has 1 aliphatic carbocycles. The molecule has 2 heterocycles. The van der Waals surface area contributed by atoms with Gasteiger partial charge in [-0.2, -0.15) is 0 Å². The number of nitrogens with zero attached hydrogens (tertiary/aromatic N) is 3. The summed E-state index contributed by atoms with van der Waals surface area (Å²) in [5.74, 6) is 0.874. The zero-order chi connectivity index (χ0) is 24.5. The minimum absolute atomic E-state index is 0.106. The summed E-state index contributed by atoms with van der Waals surface area (Å²) in [6.07, 6.45) is 6.17. The highest BCUT2D eigenvalue weighted by Gasteiger charge is 2.26. The van der Waals surface area contributed by atoms with E-state index in [0.29, 0.717) is 29.0 Å². The van der Waals surface area contributed by atoms with E-state index in [4.69, 9.17) is 32.0 Å². The first-order valence-corrected chi connectivity index (χ1v) is 12.1. The van der Waals surface area contributed by atoms with E-state index in [1.807, 2.05) is 45.9 Å². The van der Waals surface area contributed by atoms with Gasteiger partial charge in [0.15, 0.2) is 0 Å². The number of anilines is 2. The number of ether oxygens (including phenoxy) is 1. The highest BCUT2D eigenvalue weighted by molar-refractivity contribution is 6.33. The van der Waals surface area contributed by atoms with E-state index in [-0.39, 0.29) is 12.0 Å². The minimum atomic E-state index is -0.431. The van der Waals surface area contributed by atoms with Gasteiger partial charge in [-0.1, -0.05) is 17.7 Å². The fraction of sp³-hybridized carbons (Fsp3) is 0.462. The van der Waals surface area contributed by atoms with Gasteiger partial charge in [0.2, 0.25) is 5.95 Å². The van der Waals surface area contributed by atoms with Gasteiger partial charge in [-0.05, 0) is 83.1 Å². The smallest absolute Gasteiger partial charge is 0.306 e. The third-order valence-corrected chi connectivity index (χ3v) is 6.42. The quantitative estimate of drug-likeness (QED) is 0.343. The fourth-order valence-corrected chi connectivity index (χ4v) is 4.58. The van der Waals surface area contributed by atoms with Crippen LogP contribution in [0.2, 0.25) is 5.02 Å². The number of hydrogen-bond acceptors (Lipinski definition) is 7. The molecule has 0 spiro atoms. The standard InChI is InChI=1S/C26H32ClN5O2/c1-15-11-21(17-7-10-20(28)19(27)13-17)31-22-14-29-25(32-24(15)22)30-18-8-5-16(6-9-18)12-23(33)34-26(2,3)4/h7,10-11,13-14,16,18H,5-6,8-9,12,28H2,1-4H3,(H,29,30,32). The van der Waals surface area contributed by atoms with E-state index in [0.717, 1.165) is 53.5 Å². The van der Waals surface area contributed by atoms with Gasteiger partial charge in [-0.3, -0.25) is 4.79 Å². The number of pyridine rings is 1. The molecule has 0 unspecified atom stereocenters. The summed E-state index contributed by atoms with van der Waals surface area (Å²) < 4.78 is 5.47. The molecule has 1 saturated carbocycles. The first-order chi connectivity index (χ1) is 16.1. The molecule has 0 aliphatic heterocycles. The van der Waals surface area contributed by atoms with E-state index in [1.165, 1.54) is 0 Å². The largest absolute Gasteiger partial charge is 0.460 e. The Morgan fingerprint density at radius 1 is 1.18 bits per heavy atom. The molecule has 8 heteroatoms. The molecule has 0 bridgehead atoms. The number of carbonyl (C=O) groups is 1. The maximum atomic E-state index is 12.1. The van der Waals surface area contributed by atoms with E-state index in [1.54, 1.807) is 12.3 Å². The summed E-state index contributed by atoms with van der Waals surface area (Å²) >= 11 is 6.19. The second-order valence-electron chi connectivity index (χ2n) is 10.1. The number of halogens is 1. The lowest BCUT2D eigenvalue weighted by atomic mass is 9.84. The zero-order valence-corrected chi connectivity index (χ0v) is 20.9. The summed E-state index contributed by atoms with van der Waals surface area (Å²) in [4.78, 5) is 26.1. The summed E-state index contributed by atoms with van der Waals surface area (Å²) in [5, 5.41) is 3.98. The van der Waals surface area contributed by atoms with Gasteiger partial charge in [0, 0.05) is 18.0 Å². The van der Waals surface area contributed by atoms with Crippen LogP contribution in [0.25, 0.3) is 22.3 Å². The van der Waals surface area contributed by atoms with E-state index >= 15 is 0 Å². The van der Waals surface area contributed by atoms with E-state index < -0.39 is 5.60 Å². The number of hydrogen-bond donors (Lipinski definition) is 2. The second-order valence-corrected chi connectivity index (χ2v) is 10.5. The summed E-state index contributed by atoms with van der Waals surface area (Å²) in [6.45, 7) is 7.73. The van der Waals surface area contributed by atoms with Gasteiger partial charge in [0.1, 0.15) is 11.1 Å². The molecule has 3 aromatic rings. The van der Waals surface area contributed by atoms with Crippen molar-refractivity contribution in [3.8, 4) is 11.3 Å². The molecule has 1 fully saturated rings.